The molecule has 3 nitrogen and oxygen atoms in total. The Morgan fingerprint density at radius 2 is 1.52 bits per heavy atom. The van der Waals surface area contributed by atoms with Crippen LogP contribution in [0.25, 0.3) is 11.1 Å². The molecule has 0 aliphatic rings. The van der Waals surface area contributed by atoms with Gasteiger partial charge in [-0.3, -0.25) is 4.79 Å². The quantitative estimate of drug-likeness (QED) is 0.525. The van der Waals surface area contributed by atoms with Crippen LogP contribution >= 0.6 is 0 Å². The third-order valence-electron chi connectivity index (χ3n) is 3.80. The first kappa shape index (κ1) is 18.5. The second kappa shape index (κ2) is 7.95. The molecule has 138 valence electrons. The molecule has 3 aromatic carbocycles. The van der Waals surface area contributed by atoms with Crippen molar-refractivity contribution in [2.45, 2.75) is 13.0 Å². The van der Waals surface area contributed by atoms with Crippen LogP contribution < -0.4 is 9.47 Å². The van der Waals surface area contributed by atoms with Gasteiger partial charge in [0.05, 0.1) is 5.56 Å². The van der Waals surface area contributed by atoms with Crippen molar-refractivity contribution in [3.8, 4) is 22.6 Å². The summed E-state index contributed by atoms with van der Waals surface area (Å²) in [5.41, 5.74) is 2.67. The average molecular weight is 372 g/mol. The zero-order chi connectivity index (χ0) is 19.3. The molecule has 3 rings (SSSR count). The van der Waals surface area contributed by atoms with Gasteiger partial charge in [0, 0.05) is 0 Å². The van der Waals surface area contributed by atoms with Gasteiger partial charge >= 0.3 is 6.36 Å². The lowest BCUT2D eigenvalue weighted by Gasteiger charge is -2.11. The van der Waals surface area contributed by atoms with Gasteiger partial charge in [0.25, 0.3) is 0 Å². The van der Waals surface area contributed by atoms with Crippen LogP contribution in [0.15, 0.2) is 72.8 Å². The molecule has 0 bridgehead atoms. The summed E-state index contributed by atoms with van der Waals surface area (Å²) >= 11 is 0. The summed E-state index contributed by atoms with van der Waals surface area (Å²) in [4.78, 5) is 11.4. The fraction of sp³-hybridized carbons (Fsp3) is 0.0952. The standard InChI is InChI=1S/C21H15F3O3/c22-21(23,24)27-19-9-6-16(7-10-19)17-8-11-20(18(12-17)13-25)26-14-15-4-2-1-3-5-15/h1-13H,14H2. The molecule has 0 radical (unpaired) electrons. The Morgan fingerprint density at radius 1 is 0.852 bits per heavy atom. The van der Waals surface area contributed by atoms with E-state index < -0.39 is 6.36 Å². The lowest BCUT2D eigenvalue weighted by Crippen LogP contribution is -2.16. The first-order valence-corrected chi connectivity index (χ1v) is 8.07. The largest absolute Gasteiger partial charge is 0.573 e. The van der Waals surface area contributed by atoms with Crippen molar-refractivity contribution in [3.63, 3.8) is 0 Å². The van der Waals surface area contributed by atoms with Crippen molar-refractivity contribution < 1.29 is 27.4 Å². The van der Waals surface area contributed by atoms with Gasteiger partial charge < -0.3 is 9.47 Å². The highest BCUT2D eigenvalue weighted by Crippen LogP contribution is 2.29. The third-order valence-corrected chi connectivity index (χ3v) is 3.80. The SMILES string of the molecule is O=Cc1cc(-c2ccc(OC(F)(F)F)cc2)ccc1OCc1ccccc1. The van der Waals surface area contributed by atoms with Crippen LogP contribution in [-0.2, 0) is 6.61 Å². The number of benzene rings is 3. The summed E-state index contributed by atoms with van der Waals surface area (Å²) in [6, 6.07) is 20.0. The molecule has 0 aromatic heterocycles. The number of hydrogen-bond acceptors (Lipinski definition) is 3. The molecule has 0 spiro atoms. The normalized spacial score (nSPS) is 11.1. The molecule has 0 saturated heterocycles. The Balaban J connectivity index is 1.76. The van der Waals surface area contributed by atoms with Crippen LogP contribution in [0.1, 0.15) is 15.9 Å². The van der Waals surface area contributed by atoms with Gasteiger partial charge in [0.15, 0.2) is 6.29 Å². The van der Waals surface area contributed by atoms with E-state index >= 15 is 0 Å². The van der Waals surface area contributed by atoms with Crippen LogP contribution in [0.5, 0.6) is 11.5 Å². The molecule has 0 N–H and O–H groups in total. The Labute approximate surface area is 154 Å². The van der Waals surface area contributed by atoms with Gasteiger partial charge in [-0.25, -0.2) is 0 Å². The Kier molecular flexibility index (Phi) is 5.45. The monoisotopic (exact) mass is 372 g/mol. The van der Waals surface area contributed by atoms with Gasteiger partial charge in [-0.1, -0.05) is 48.5 Å². The number of ether oxygens (including phenoxy) is 2. The molecule has 0 saturated carbocycles. The minimum atomic E-state index is -4.73. The molecule has 27 heavy (non-hydrogen) atoms. The second-order valence-corrected chi connectivity index (χ2v) is 5.72. The van der Waals surface area contributed by atoms with E-state index in [2.05, 4.69) is 4.74 Å². The lowest BCUT2D eigenvalue weighted by atomic mass is 10.0. The molecular weight excluding hydrogens is 357 g/mol. The van der Waals surface area contributed by atoms with Gasteiger partial charge in [-0.05, 0) is 41.0 Å². The predicted molar refractivity (Wildman–Crippen MR) is 94.7 cm³/mol. The molecule has 0 unspecified atom stereocenters. The van der Waals surface area contributed by atoms with Crippen molar-refractivity contribution >= 4 is 6.29 Å². The number of aldehydes is 1. The first-order chi connectivity index (χ1) is 12.9. The molecule has 0 amide bonds. The molecule has 3 aromatic rings. The van der Waals surface area contributed by atoms with Crippen LogP contribution in [0.4, 0.5) is 13.2 Å². The Bertz CT molecular complexity index is 904. The van der Waals surface area contributed by atoms with E-state index in [1.54, 1.807) is 18.2 Å². The summed E-state index contributed by atoms with van der Waals surface area (Å²) in [5, 5.41) is 0. The zero-order valence-electron chi connectivity index (χ0n) is 14.1. The molecule has 0 atom stereocenters. The highest BCUT2D eigenvalue weighted by atomic mass is 19.4. The van der Waals surface area contributed by atoms with Gasteiger partial charge in [0.1, 0.15) is 18.1 Å². The van der Waals surface area contributed by atoms with E-state index in [4.69, 9.17) is 4.74 Å². The number of alkyl halides is 3. The molecule has 0 aliphatic heterocycles. The molecule has 0 aliphatic carbocycles. The molecule has 0 fully saturated rings. The van der Waals surface area contributed by atoms with Crippen molar-refractivity contribution in [1.82, 2.24) is 0 Å². The van der Waals surface area contributed by atoms with Gasteiger partial charge in [-0.15, -0.1) is 13.2 Å². The van der Waals surface area contributed by atoms with Crippen LogP contribution in [0.3, 0.4) is 0 Å². The Hall–Kier alpha value is -3.28. The fourth-order valence-electron chi connectivity index (χ4n) is 2.54. The highest BCUT2D eigenvalue weighted by Gasteiger charge is 2.30. The number of rotatable bonds is 6. The maximum absolute atomic E-state index is 12.2. The summed E-state index contributed by atoms with van der Waals surface area (Å²) in [6.07, 6.45) is -4.05. The molecule has 6 heteroatoms. The number of carbonyl (C=O) groups is 1. The van der Waals surface area contributed by atoms with E-state index in [9.17, 15) is 18.0 Å². The van der Waals surface area contributed by atoms with Gasteiger partial charge in [-0.2, -0.15) is 0 Å². The van der Waals surface area contributed by atoms with E-state index in [1.807, 2.05) is 30.3 Å². The maximum Gasteiger partial charge on any atom is 0.573 e. The molecular formula is C21H15F3O3. The highest BCUT2D eigenvalue weighted by molar-refractivity contribution is 5.83. The number of halogens is 3. The van der Waals surface area contributed by atoms with Crippen molar-refractivity contribution in [1.29, 1.82) is 0 Å². The fourth-order valence-corrected chi connectivity index (χ4v) is 2.54. The van der Waals surface area contributed by atoms with E-state index in [0.717, 1.165) is 5.56 Å². The smallest absolute Gasteiger partial charge is 0.488 e. The molecule has 0 heterocycles. The van der Waals surface area contributed by atoms with E-state index in [0.29, 0.717) is 35.3 Å². The zero-order valence-corrected chi connectivity index (χ0v) is 14.1. The topological polar surface area (TPSA) is 35.5 Å². The van der Waals surface area contributed by atoms with Crippen molar-refractivity contribution in [3.05, 3.63) is 83.9 Å². The number of carbonyl (C=O) groups excluding carboxylic acids is 1. The summed E-state index contributed by atoms with van der Waals surface area (Å²) in [6.45, 7) is 0.324. The minimum absolute atomic E-state index is 0.301. The van der Waals surface area contributed by atoms with Crippen LogP contribution in [0.2, 0.25) is 0 Å². The van der Waals surface area contributed by atoms with E-state index in [-0.39, 0.29) is 5.75 Å². The third kappa shape index (κ3) is 5.10. The average Bonchev–Trinajstić information content (AvgIpc) is 2.66. The first-order valence-electron chi connectivity index (χ1n) is 8.07. The summed E-state index contributed by atoms with van der Waals surface area (Å²) in [5.74, 6) is 0.138. The predicted octanol–water partition coefficient (Wildman–Crippen LogP) is 5.64. The summed E-state index contributed by atoms with van der Waals surface area (Å²) < 4.78 is 46.2. The lowest BCUT2D eigenvalue weighted by molar-refractivity contribution is -0.274. The van der Waals surface area contributed by atoms with E-state index in [1.165, 1.54) is 24.3 Å². The second-order valence-electron chi connectivity index (χ2n) is 5.72. The maximum atomic E-state index is 12.2. The van der Waals surface area contributed by atoms with Crippen LogP contribution in [0, 0.1) is 0 Å². The minimum Gasteiger partial charge on any atom is -0.488 e. The summed E-state index contributed by atoms with van der Waals surface area (Å²) in [7, 11) is 0. The van der Waals surface area contributed by atoms with Crippen molar-refractivity contribution in [2.24, 2.45) is 0 Å². The van der Waals surface area contributed by atoms with Crippen molar-refractivity contribution in [2.75, 3.05) is 0 Å². The Morgan fingerprint density at radius 3 is 2.15 bits per heavy atom. The van der Waals surface area contributed by atoms with Crippen LogP contribution in [-0.4, -0.2) is 12.6 Å². The number of hydrogen-bond donors (Lipinski definition) is 0. The van der Waals surface area contributed by atoms with Gasteiger partial charge in [0.2, 0.25) is 0 Å².